The highest BCUT2D eigenvalue weighted by Crippen LogP contribution is 2.11. The van der Waals surface area contributed by atoms with Crippen molar-refractivity contribution in [2.75, 3.05) is 11.9 Å². The minimum Gasteiger partial charge on any atom is -0.350 e. The number of benzene rings is 1. The summed E-state index contributed by atoms with van der Waals surface area (Å²) in [5, 5.41) is 9.76. The van der Waals surface area contributed by atoms with Crippen molar-refractivity contribution in [2.24, 2.45) is 13.0 Å². The van der Waals surface area contributed by atoms with Gasteiger partial charge in [0.25, 0.3) is 5.91 Å². The molecule has 1 heterocycles. The SMILES string of the molecule is CC(C)CNC(=O)c1cc(NC(=O)CCc2ccccc2)n(C)n1. The highest BCUT2D eigenvalue weighted by Gasteiger charge is 2.14. The van der Waals surface area contributed by atoms with E-state index in [9.17, 15) is 9.59 Å². The number of carbonyl (C=O) groups is 2. The average Bonchev–Trinajstić information content (AvgIpc) is 2.92. The Balaban J connectivity index is 1.90. The van der Waals surface area contributed by atoms with Crippen LogP contribution in [0.15, 0.2) is 36.4 Å². The van der Waals surface area contributed by atoms with Crippen molar-refractivity contribution in [3.8, 4) is 0 Å². The van der Waals surface area contributed by atoms with Gasteiger partial charge < -0.3 is 10.6 Å². The zero-order valence-corrected chi connectivity index (χ0v) is 14.4. The van der Waals surface area contributed by atoms with Crippen molar-refractivity contribution in [3.05, 3.63) is 47.7 Å². The number of aryl methyl sites for hydroxylation is 2. The molecular formula is C18H24N4O2. The molecule has 0 atom stereocenters. The van der Waals surface area contributed by atoms with Crippen LogP contribution in [0.5, 0.6) is 0 Å². The van der Waals surface area contributed by atoms with Gasteiger partial charge >= 0.3 is 0 Å². The van der Waals surface area contributed by atoms with Crippen LogP contribution in [0, 0.1) is 5.92 Å². The number of hydrogen-bond acceptors (Lipinski definition) is 3. The molecule has 0 saturated carbocycles. The van der Waals surface area contributed by atoms with E-state index in [4.69, 9.17) is 0 Å². The second-order valence-electron chi connectivity index (χ2n) is 6.18. The smallest absolute Gasteiger partial charge is 0.271 e. The number of nitrogens with one attached hydrogen (secondary N) is 2. The number of nitrogens with zero attached hydrogens (tertiary/aromatic N) is 2. The van der Waals surface area contributed by atoms with Crippen molar-refractivity contribution >= 4 is 17.6 Å². The molecule has 2 amide bonds. The maximum absolute atomic E-state index is 12.1. The number of rotatable bonds is 7. The zero-order valence-electron chi connectivity index (χ0n) is 14.4. The largest absolute Gasteiger partial charge is 0.350 e. The molecule has 6 nitrogen and oxygen atoms in total. The average molecular weight is 328 g/mol. The van der Waals surface area contributed by atoms with Gasteiger partial charge in [0.1, 0.15) is 5.82 Å². The summed E-state index contributed by atoms with van der Waals surface area (Å²) in [6.07, 6.45) is 1.05. The van der Waals surface area contributed by atoms with Gasteiger partial charge in [-0.2, -0.15) is 5.10 Å². The third kappa shape index (κ3) is 5.22. The third-order valence-electron chi connectivity index (χ3n) is 3.53. The Morgan fingerprint density at radius 2 is 1.92 bits per heavy atom. The number of aromatic nitrogens is 2. The first-order chi connectivity index (χ1) is 11.5. The predicted molar refractivity (Wildman–Crippen MR) is 93.8 cm³/mol. The van der Waals surface area contributed by atoms with Crippen LogP contribution in [0.4, 0.5) is 5.82 Å². The second kappa shape index (κ2) is 8.29. The topological polar surface area (TPSA) is 76.0 Å². The number of hydrogen-bond donors (Lipinski definition) is 2. The quantitative estimate of drug-likeness (QED) is 0.819. The summed E-state index contributed by atoms with van der Waals surface area (Å²) in [4.78, 5) is 24.1. The molecule has 0 bridgehead atoms. The van der Waals surface area contributed by atoms with Gasteiger partial charge in [-0.25, -0.2) is 0 Å². The molecule has 0 unspecified atom stereocenters. The van der Waals surface area contributed by atoms with Crippen LogP contribution < -0.4 is 10.6 Å². The van der Waals surface area contributed by atoms with Gasteiger partial charge in [0, 0.05) is 26.1 Å². The Morgan fingerprint density at radius 3 is 2.58 bits per heavy atom. The van der Waals surface area contributed by atoms with E-state index in [1.165, 1.54) is 4.68 Å². The molecule has 2 rings (SSSR count). The zero-order chi connectivity index (χ0) is 17.5. The maximum Gasteiger partial charge on any atom is 0.271 e. The lowest BCUT2D eigenvalue weighted by molar-refractivity contribution is -0.116. The molecule has 0 aliphatic carbocycles. The number of carbonyl (C=O) groups excluding carboxylic acids is 2. The molecular weight excluding hydrogens is 304 g/mol. The van der Waals surface area contributed by atoms with Crippen molar-refractivity contribution in [3.63, 3.8) is 0 Å². The Labute approximate surface area is 142 Å². The summed E-state index contributed by atoms with van der Waals surface area (Å²) < 4.78 is 1.50. The van der Waals surface area contributed by atoms with E-state index in [-0.39, 0.29) is 11.8 Å². The highest BCUT2D eigenvalue weighted by molar-refractivity contribution is 5.95. The summed E-state index contributed by atoms with van der Waals surface area (Å²) in [6.45, 7) is 4.64. The molecule has 2 aromatic rings. The summed E-state index contributed by atoms with van der Waals surface area (Å²) >= 11 is 0. The fourth-order valence-electron chi connectivity index (χ4n) is 2.19. The van der Waals surface area contributed by atoms with Crippen LogP contribution in [0.3, 0.4) is 0 Å². The van der Waals surface area contributed by atoms with Crippen molar-refractivity contribution in [1.82, 2.24) is 15.1 Å². The monoisotopic (exact) mass is 328 g/mol. The van der Waals surface area contributed by atoms with Crippen LogP contribution in [0.1, 0.15) is 36.3 Å². The minimum atomic E-state index is -0.232. The van der Waals surface area contributed by atoms with Gasteiger partial charge in [-0.1, -0.05) is 44.2 Å². The van der Waals surface area contributed by atoms with Crippen molar-refractivity contribution < 1.29 is 9.59 Å². The first-order valence-corrected chi connectivity index (χ1v) is 8.11. The summed E-state index contributed by atoms with van der Waals surface area (Å²) in [6, 6.07) is 11.4. The van der Waals surface area contributed by atoms with Crippen LogP contribution >= 0.6 is 0 Å². The fourth-order valence-corrected chi connectivity index (χ4v) is 2.19. The van der Waals surface area contributed by atoms with E-state index in [0.29, 0.717) is 36.8 Å². The van der Waals surface area contributed by atoms with Crippen molar-refractivity contribution in [2.45, 2.75) is 26.7 Å². The normalized spacial score (nSPS) is 10.7. The highest BCUT2D eigenvalue weighted by atomic mass is 16.2. The number of amides is 2. The van der Waals surface area contributed by atoms with E-state index in [0.717, 1.165) is 5.56 Å². The standard InChI is InChI=1S/C18H24N4O2/c1-13(2)12-19-18(24)15-11-16(22(3)21-15)20-17(23)10-9-14-7-5-4-6-8-14/h4-8,11,13H,9-10,12H2,1-3H3,(H,19,24)(H,20,23). The van der Waals surface area contributed by atoms with E-state index in [1.54, 1.807) is 13.1 Å². The van der Waals surface area contributed by atoms with E-state index >= 15 is 0 Å². The van der Waals surface area contributed by atoms with Gasteiger partial charge in [-0.05, 0) is 17.9 Å². The molecule has 0 aliphatic rings. The lowest BCUT2D eigenvalue weighted by atomic mass is 10.1. The molecule has 0 saturated heterocycles. The molecule has 6 heteroatoms. The Morgan fingerprint density at radius 1 is 1.21 bits per heavy atom. The van der Waals surface area contributed by atoms with E-state index in [1.807, 2.05) is 44.2 Å². The predicted octanol–water partition coefficient (Wildman–Crippen LogP) is 2.38. The first-order valence-electron chi connectivity index (χ1n) is 8.11. The van der Waals surface area contributed by atoms with Gasteiger partial charge in [-0.3, -0.25) is 14.3 Å². The van der Waals surface area contributed by atoms with Gasteiger partial charge in [0.15, 0.2) is 5.69 Å². The van der Waals surface area contributed by atoms with Crippen molar-refractivity contribution in [1.29, 1.82) is 0 Å². The van der Waals surface area contributed by atoms with Crippen LogP contribution in [-0.2, 0) is 18.3 Å². The molecule has 0 spiro atoms. The van der Waals surface area contributed by atoms with Crippen LogP contribution in [-0.4, -0.2) is 28.1 Å². The van der Waals surface area contributed by atoms with Gasteiger partial charge in [0.2, 0.25) is 5.91 Å². The second-order valence-corrected chi connectivity index (χ2v) is 6.18. The number of anilines is 1. The fraction of sp³-hybridized carbons (Fsp3) is 0.389. The lowest BCUT2D eigenvalue weighted by Crippen LogP contribution is -2.27. The van der Waals surface area contributed by atoms with Gasteiger partial charge in [0.05, 0.1) is 0 Å². The molecule has 128 valence electrons. The molecule has 24 heavy (non-hydrogen) atoms. The summed E-state index contributed by atoms with van der Waals surface area (Å²) in [5.41, 5.74) is 1.42. The molecule has 0 fully saturated rings. The van der Waals surface area contributed by atoms with Crippen LogP contribution in [0.2, 0.25) is 0 Å². The van der Waals surface area contributed by atoms with Gasteiger partial charge in [-0.15, -0.1) is 0 Å². The molecule has 1 aromatic carbocycles. The Bertz CT molecular complexity index is 692. The van der Waals surface area contributed by atoms with E-state index in [2.05, 4.69) is 15.7 Å². The van der Waals surface area contributed by atoms with Crippen LogP contribution in [0.25, 0.3) is 0 Å². The van der Waals surface area contributed by atoms with E-state index < -0.39 is 0 Å². The lowest BCUT2D eigenvalue weighted by Gasteiger charge is -2.05. The minimum absolute atomic E-state index is 0.101. The molecule has 0 aliphatic heterocycles. The summed E-state index contributed by atoms with van der Waals surface area (Å²) in [7, 11) is 1.70. The Hall–Kier alpha value is -2.63. The molecule has 1 aromatic heterocycles. The first kappa shape index (κ1) is 17.7. The third-order valence-corrected chi connectivity index (χ3v) is 3.53. The summed E-state index contributed by atoms with van der Waals surface area (Å²) in [5.74, 6) is 0.553. The molecule has 2 N–H and O–H groups in total. The molecule has 0 radical (unpaired) electrons. The Kier molecular flexibility index (Phi) is 6.12. The maximum atomic E-state index is 12.1.